The minimum atomic E-state index is -1.77. The molecule has 0 saturated carbocycles. The molecule has 0 aliphatic carbocycles. The molecule has 2 aliphatic rings. The lowest BCUT2D eigenvalue weighted by Crippen LogP contribution is -2.53. The summed E-state index contributed by atoms with van der Waals surface area (Å²) >= 11 is 0. The molecule has 1 amide bonds. The Morgan fingerprint density at radius 3 is 2.34 bits per heavy atom. The van der Waals surface area contributed by atoms with Crippen molar-refractivity contribution in [3.8, 4) is 11.5 Å². The lowest BCUT2D eigenvalue weighted by atomic mass is 9.78. The van der Waals surface area contributed by atoms with Crippen molar-refractivity contribution >= 4 is 28.8 Å². The van der Waals surface area contributed by atoms with Gasteiger partial charge in [0.25, 0.3) is 0 Å². The van der Waals surface area contributed by atoms with Gasteiger partial charge in [0.2, 0.25) is 0 Å². The van der Waals surface area contributed by atoms with Gasteiger partial charge in [-0.3, -0.25) is 9.69 Å². The molecule has 8 heteroatoms. The molecule has 2 aromatic rings. The number of benzene rings is 2. The summed E-state index contributed by atoms with van der Waals surface area (Å²) in [6.45, 7) is 10.7. The number of carbonyl (C=O) groups is 3. The fraction of sp³-hybridized carbons (Fsp3) is 0.519. The maximum Gasteiger partial charge on any atom is 0.411 e. The van der Waals surface area contributed by atoms with E-state index in [-0.39, 0.29) is 18.7 Å². The van der Waals surface area contributed by atoms with Gasteiger partial charge in [-0.25, -0.2) is 9.59 Å². The number of esters is 1. The first-order valence-electron chi connectivity index (χ1n) is 12.0. The van der Waals surface area contributed by atoms with Gasteiger partial charge in [0.1, 0.15) is 22.7 Å². The zero-order chi connectivity index (χ0) is 25.8. The van der Waals surface area contributed by atoms with Crippen LogP contribution in [0.1, 0.15) is 71.9 Å². The number of aliphatic carboxylic acids is 1. The van der Waals surface area contributed by atoms with Crippen molar-refractivity contribution in [2.24, 2.45) is 0 Å². The van der Waals surface area contributed by atoms with Crippen molar-refractivity contribution in [2.45, 2.75) is 84.0 Å². The summed E-state index contributed by atoms with van der Waals surface area (Å²) in [5, 5.41) is 12.0. The third-order valence-corrected chi connectivity index (χ3v) is 6.58. The number of carboxylic acid groups (broad SMARTS) is 1. The molecule has 0 bridgehead atoms. The third-order valence-electron chi connectivity index (χ3n) is 6.58. The van der Waals surface area contributed by atoms with E-state index < -0.39 is 34.8 Å². The van der Waals surface area contributed by atoms with Gasteiger partial charge in [-0.1, -0.05) is 24.3 Å². The van der Waals surface area contributed by atoms with E-state index in [0.717, 1.165) is 5.39 Å². The first-order valence-corrected chi connectivity index (χ1v) is 12.0. The predicted molar refractivity (Wildman–Crippen MR) is 130 cm³/mol. The predicted octanol–water partition coefficient (Wildman–Crippen LogP) is 5.18. The van der Waals surface area contributed by atoms with Crippen molar-refractivity contribution in [1.82, 2.24) is 4.90 Å². The number of fused-ring (bicyclic) bond motifs is 3. The van der Waals surface area contributed by atoms with E-state index in [4.69, 9.17) is 14.2 Å². The van der Waals surface area contributed by atoms with Crippen molar-refractivity contribution in [3.63, 3.8) is 0 Å². The molecule has 2 aromatic carbocycles. The quantitative estimate of drug-likeness (QED) is 0.474. The van der Waals surface area contributed by atoms with Gasteiger partial charge in [-0.2, -0.15) is 0 Å². The summed E-state index contributed by atoms with van der Waals surface area (Å²) in [7, 11) is 0. The second kappa shape index (κ2) is 8.43. The summed E-state index contributed by atoms with van der Waals surface area (Å²) in [6, 6.07) is 7.32. The molecule has 35 heavy (non-hydrogen) atoms. The van der Waals surface area contributed by atoms with E-state index in [1.54, 1.807) is 32.9 Å². The van der Waals surface area contributed by atoms with Gasteiger partial charge in [0, 0.05) is 35.4 Å². The van der Waals surface area contributed by atoms with Gasteiger partial charge < -0.3 is 19.3 Å². The molecule has 0 radical (unpaired) electrons. The van der Waals surface area contributed by atoms with Crippen LogP contribution in [0.4, 0.5) is 4.79 Å². The zero-order valence-corrected chi connectivity index (χ0v) is 21.2. The van der Waals surface area contributed by atoms with Crippen molar-refractivity contribution in [2.75, 3.05) is 6.54 Å². The molecule has 2 heterocycles. The molecule has 4 rings (SSSR count). The van der Waals surface area contributed by atoms with Gasteiger partial charge in [0.05, 0.1) is 0 Å². The number of carbonyl (C=O) groups excluding carboxylic acids is 2. The van der Waals surface area contributed by atoms with Crippen molar-refractivity contribution in [1.29, 1.82) is 0 Å². The fourth-order valence-corrected chi connectivity index (χ4v) is 5.19. The van der Waals surface area contributed by atoms with E-state index >= 15 is 0 Å². The molecule has 1 atom stereocenters. The number of amides is 1. The Labute approximate surface area is 205 Å². The molecule has 1 fully saturated rings. The maximum absolute atomic E-state index is 13.3. The molecular formula is C27H33NO7. The van der Waals surface area contributed by atoms with Crippen LogP contribution in [0.5, 0.6) is 11.5 Å². The lowest BCUT2D eigenvalue weighted by molar-refractivity contribution is -0.150. The van der Waals surface area contributed by atoms with Gasteiger partial charge >= 0.3 is 18.0 Å². The summed E-state index contributed by atoms with van der Waals surface area (Å²) in [5.74, 6) is -1.04. The van der Waals surface area contributed by atoms with E-state index in [1.165, 1.54) is 11.8 Å². The molecule has 188 valence electrons. The number of rotatable bonds is 3. The van der Waals surface area contributed by atoms with Crippen LogP contribution in [0.15, 0.2) is 24.3 Å². The van der Waals surface area contributed by atoms with E-state index in [1.807, 2.05) is 26.0 Å². The number of carboxylic acids is 1. The summed E-state index contributed by atoms with van der Waals surface area (Å²) in [6.07, 6.45) is 1.04. The maximum atomic E-state index is 13.3. The zero-order valence-electron chi connectivity index (χ0n) is 21.2. The summed E-state index contributed by atoms with van der Waals surface area (Å²) < 4.78 is 17.8. The second-order valence-corrected chi connectivity index (χ2v) is 10.9. The lowest BCUT2D eigenvalue weighted by Gasteiger charge is -2.41. The average Bonchev–Trinajstić information content (AvgIpc) is 3.18. The fourth-order valence-electron chi connectivity index (χ4n) is 5.19. The molecule has 0 aromatic heterocycles. The first kappa shape index (κ1) is 24.8. The SMILES string of the molecule is CC(=O)Oc1c([C@]2(C(=O)O)CCCN2C(=O)OC(C)(C)C)c2c(c3ccccc13)OC(C)(C)CC2. The topological polar surface area (TPSA) is 102 Å². The molecule has 8 nitrogen and oxygen atoms in total. The smallest absolute Gasteiger partial charge is 0.411 e. The largest absolute Gasteiger partial charge is 0.487 e. The van der Waals surface area contributed by atoms with Crippen LogP contribution in [0.25, 0.3) is 10.8 Å². The standard InChI is InChI=1S/C27H33NO7/c1-16(29)33-22-18-11-8-7-10-17(18)21-19(12-14-26(5,6)34-21)20(22)27(23(30)31)13-9-15-28(27)24(32)35-25(2,3)4/h7-8,10-11H,9,12-15H2,1-6H3,(H,30,31)/t27-/m0/s1. The highest BCUT2D eigenvalue weighted by Gasteiger charge is 2.56. The Morgan fingerprint density at radius 1 is 1.09 bits per heavy atom. The monoisotopic (exact) mass is 483 g/mol. The number of nitrogens with zero attached hydrogens (tertiary/aromatic N) is 1. The normalized spacial score (nSPS) is 21.3. The number of hydrogen-bond donors (Lipinski definition) is 1. The Hall–Kier alpha value is -3.29. The van der Waals surface area contributed by atoms with Gasteiger partial charge in [-0.15, -0.1) is 0 Å². The highest BCUT2D eigenvalue weighted by atomic mass is 16.6. The Kier molecular flexibility index (Phi) is 5.98. The Bertz CT molecular complexity index is 1210. The van der Waals surface area contributed by atoms with Crippen LogP contribution in [-0.4, -0.2) is 45.8 Å². The van der Waals surface area contributed by atoms with Crippen LogP contribution >= 0.6 is 0 Å². The second-order valence-electron chi connectivity index (χ2n) is 10.9. The molecule has 1 saturated heterocycles. The van der Waals surface area contributed by atoms with Crippen LogP contribution < -0.4 is 9.47 Å². The minimum Gasteiger partial charge on any atom is -0.487 e. The van der Waals surface area contributed by atoms with Crippen molar-refractivity contribution < 1.29 is 33.7 Å². The number of ether oxygens (including phenoxy) is 3. The molecule has 1 N–H and O–H groups in total. The third kappa shape index (κ3) is 4.30. The number of likely N-dealkylation sites (tertiary alicyclic amines) is 1. The average molecular weight is 484 g/mol. The number of hydrogen-bond acceptors (Lipinski definition) is 6. The van der Waals surface area contributed by atoms with Gasteiger partial charge in [-0.05, 0) is 60.3 Å². The molecule has 0 spiro atoms. The minimum absolute atomic E-state index is 0.157. The van der Waals surface area contributed by atoms with Gasteiger partial charge in [0.15, 0.2) is 5.54 Å². The molecule has 0 unspecified atom stereocenters. The van der Waals surface area contributed by atoms with E-state index in [9.17, 15) is 19.5 Å². The molecular weight excluding hydrogens is 450 g/mol. The Morgan fingerprint density at radius 2 is 1.74 bits per heavy atom. The first-order chi connectivity index (χ1) is 16.3. The van der Waals surface area contributed by atoms with Crippen LogP contribution in [0, 0.1) is 0 Å². The highest BCUT2D eigenvalue weighted by Crippen LogP contribution is 2.53. The summed E-state index contributed by atoms with van der Waals surface area (Å²) in [4.78, 5) is 40.0. The highest BCUT2D eigenvalue weighted by molar-refractivity contribution is 6.01. The Balaban J connectivity index is 2.08. The van der Waals surface area contributed by atoms with Crippen LogP contribution in [0.3, 0.4) is 0 Å². The van der Waals surface area contributed by atoms with E-state index in [0.29, 0.717) is 41.5 Å². The van der Waals surface area contributed by atoms with Crippen molar-refractivity contribution in [3.05, 3.63) is 35.4 Å². The summed E-state index contributed by atoms with van der Waals surface area (Å²) in [5.41, 5.74) is -2.10. The van der Waals surface area contributed by atoms with Crippen LogP contribution in [0.2, 0.25) is 0 Å². The van der Waals surface area contributed by atoms with Crippen LogP contribution in [-0.2, 0) is 26.3 Å². The van der Waals surface area contributed by atoms with E-state index in [2.05, 4.69) is 0 Å². The molecule has 2 aliphatic heterocycles.